The number of piperidine rings is 1. The van der Waals surface area contributed by atoms with E-state index in [0.29, 0.717) is 0 Å². The zero-order valence-corrected chi connectivity index (χ0v) is 9.30. The van der Waals surface area contributed by atoms with Crippen molar-refractivity contribution in [3.05, 3.63) is 29.8 Å². The molecule has 5 heteroatoms. The molecule has 0 bridgehead atoms. The Kier molecular flexibility index (Phi) is 3.68. The fraction of sp³-hybridized carbons (Fsp3) is 0.417. The highest BCUT2D eigenvalue weighted by Crippen LogP contribution is 2.19. The van der Waals surface area contributed by atoms with E-state index in [0.717, 1.165) is 44.1 Å². The first-order chi connectivity index (χ1) is 8.16. The molecule has 0 atom stereocenters. The Labute approximate surface area is 98.2 Å². The number of nitrogens with one attached hydrogen (secondary N) is 2. The molecule has 0 saturated carbocycles. The zero-order chi connectivity index (χ0) is 12.3. The van der Waals surface area contributed by atoms with E-state index >= 15 is 0 Å². The SMILES string of the molecule is O=C(Nc1cc(F)ccc1F)C1CCNCC1. The molecular weight excluding hydrogens is 226 g/mol. The average Bonchev–Trinajstić information content (AvgIpc) is 2.35. The largest absolute Gasteiger partial charge is 0.323 e. The van der Waals surface area contributed by atoms with Gasteiger partial charge in [-0.05, 0) is 38.1 Å². The lowest BCUT2D eigenvalue weighted by atomic mass is 9.97. The molecule has 1 fully saturated rings. The van der Waals surface area contributed by atoms with E-state index < -0.39 is 11.6 Å². The summed E-state index contributed by atoms with van der Waals surface area (Å²) in [6, 6.07) is 3.03. The Morgan fingerprint density at radius 2 is 2.00 bits per heavy atom. The van der Waals surface area contributed by atoms with E-state index in [1.807, 2.05) is 0 Å². The molecular formula is C12H14F2N2O. The van der Waals surface area contributed by atoms with Gasteiger partial charge >= 0.3 is 0 Å². The summed E-state index contributed by atoms with van der Waals surface area (Å²) in [5.41, 5.74) is -0.0893. The molecule has 1 aliphatic heterocycles. The number of anilines is 1. The van der Waals surface area contributed by atoms with Gasteiger partial charge in [0.2, 0.25) is 5.91 Å². The van der Waals surface area contributed by atoms with Gasteiger partial charge in [-0.2, -0.15) is 0 Å². The molecule has 1 heterocycles. The monoisotopic (exact) mass is 240 g/mol. The molecule has 92 valence electrons. The predicted octanol–water partition coefficient (Wildman–Crippen LogP) is 1.90. The molecule has 1 saturated heterocycles. The molecule has 0 spiro atoms. The van der Waals surface area contributed by atoms with E-state index in [4.69, 9.17) is 0 Å². The van der Waals surface area contributed by atoms with Gasteiger partial charge in [-0.25, -0.2) is 8.78 Å². The van der Waals surface area contributed by atoms with E-state index in [2.05, 4.69) is 10.6 Å². The Morgan fingerprint density at radius 3 is 2.71 bits per heavy atom. The van der Waals surface area contributed by atoms with E-state index in [9.17, 15) is 13.6 Å². The molecule has 3 nitrogen and oxygen atoms in total. The minimum atomic E-state index is -0.617. The molecule has 1 aromatic rings. The molecule has 2 N–H and O–H groups in total. The Balaban J connectivity index is 2.04. The molecule has 1 amide bonds. The second-order valence-electron chi connectivity index (χ2n) is 4.14. The van der Waals surface area contributed by atoms with Crippen LogP contribution in [0.4, 0.5) is 14.5 Å². The highest BCUT2D eigenvalue weighted by Gasteiger charge is 2.21. The fourth-order valence-corrected chi connectivity index (χ4v) is 1.91. The van der Waals surface area contributed by atoms with Crippen LogP contribution in [0, 0.1) is 17.6 Å². The van der Waals surface area contributed by atoms with Crippen molar-refractivity contribution < 1.29 is 13.6 Å². The average molecular weight is 240 g/mol. The van der Waals surface area contributed by atoms with Crippen LogP contribution in [0.5, 0.6) is 0 Å². The van der Waals surface area contributed by atoms with Crippen LogP contribution in [-0.2, 0) is 4.79 Å². The summed E-state index contributed by atoms with van der Waals surface area (Å²) in [4.78, 5) is 11.8. The number of rotatable bonds is 2. The quantitative estimate of drug-likeness (QED) is 0.829. The lowest BCUT2D eigenvalue weighted by Crippen LogP contribution is -2.34. The van der Waals surface area contributed by atoms with Gasteiger partial charge in [-0.1, -0.05) is 0 Å². The van der Waals surface area contributed by atoms with Crippen LogP contribution >= 0.6 is 0 Å². The van der Waals surface area contributed by atoms with Crippen molar-refractivity contribution in [2.24, 2.45) is 5.92 Å². The standard InChI is InChI=1S/C12H14F2N2O/c13-9-1-2-10(14)11(7-9)16-12(17)8-3-5-15-6-4-8/h1-2,7-8,15H,3-6H2,(H,16,17). The molecule has 0 aromatic heterocycles. The number of carbonyl (C=O) groups is 1. The number of halogens is 2. The Morgan fingerprint density at radius 1 is 1.29 bits per heavy atom. The third-order valence-corrected chi connectivity index (χ3v) is 2.90. The third kappa shape index (κ3) is 3.00. The summed E-state index contributed by atoms with van der Waals surface area (Å²) in [6.07, 6.45) is 1.45. The number of amides is 1. The summed E-state index contributed by atoms with van der Waals surface area (Å²) in [5, 5.41) is 5.58. The van der Waals surface area contributed by atoms with Gasteiger partial charge in [0.05, 0.1) is 5.69 Å². The van der Waals surface area contributed by atoms with Gasteiger partial charge in [0, 0.05) is 12.0 Å². The third-order valence-electron chi connectivity index (χ3n) is 2.90. The Bertz CT molecular complexity index is 417. The highest BCUT2D eigenvalue weighted by atomic mass is 19.1. The molecule has 1 aliphatic rings. The molecule has 0 radical (unpaired) electrons. The van der Waals surface area contributed by atoms with Crippen LogP contribution in [0.2, 0.25) is 0 Å². The number of hydrogen-bond acceptors (Lipinski definition) is 2. The zero-order valence-electron chi connectivity index (χ0n) is 9.30. The van der Waals surface area contributed by atoms with Gasteiger partial charge in [0.25, 0.3) is 0 Å². The van der Waals surface area contributed by atoms with Crippen LogP contribution in [-0.4, -0.2) is 19.0 Å². The second kappa shape index (κ2) is 5.23. The highest BCUT2D eigenvalue weighted by molar-refractivity contribution is 5.92. The van der Waals surface area contributed by atoms with Crippen LogP contribution in [0.3, 0.4) is 0 Å². The van der Waals surface area contributed by atoms with Crippen molar-refractivity contribution in [2.45, 2.75) is 12.8 Å². The van der Waals surface area contributed by atoms with Gasteiger partial charge in [-0.15, -0.1) is 0 Å². The smallest absolute Gasteiger partial charge is 0.227 e. The van der Waals surface area contributed by atoms with E-state index in [-0.39, 0.29) is 17.5 Å². The maximum atomic E-state index is 13.3. The van der Waals surface area contributed by atoms with E-state index in [1.165, 1.54) is 0 Å². The second-order valence-corrected chi connectivity index (χ2v) is 4.14. The number of carbonyl (C=O) groups excluding carboxylic acids is 1. The fourth-order valence-electron chi connectivity index (χ4n) is 1.91. The molecule has 1 aromatic carbocycles. The van der Waals surface area contributed by atoms with Crippen molar-refractivity contribution in [1.29, 1.82) is 0 Å². The lowest BCUT2D eigenvalue weighted by Gasteiger charge is -2.21. The molecule has 2 rings (SSSR count). The van der Waals surface area contributed by atoms with Gasteiger partial charge in [0.1, 0.15) is 11.6 Å². The minimum Gasteiger partial charge on any atom is -0.323 e. The van der Waals surface area contributed by atoms with Gasteiger partial charge < -0.3 is 10.6 Å². The summed E-state index contributed by atoms with van der Waals surface area (Å²) in [5.74, 6) is -1.55. The van der Waals surface area contributed by atoms with E-state index in [1.54, 1.807) is 0 Å². The normalized spacial score (nSPS) is 16.8. The van der Waals surface area contributed by atoms with Crippen molar-refractivity contribution >= 4 is 11.6 Å². The maximum Gasteiger partial charge on any atom is 0.227 e. The van der Waals surface area contributed by atoms with Crippen LogP contribution < -0.4 is 10.6 Å². The minimum absolute atomic E-state index is 0.0893. The van der Waals surface area contributed by atoms with Crippen LogP contribution in [0.1, 0.15) is 12.8 Å². The molecule has 0 unspecified atom stereocenters. The predicted molar refractivity (Wildman–Crippen MR) is 60.6 cm³/mol. The first kappa shape index (κ1) is 12.0. The van der Waals surface area contributed by atoms with Crippen molar-refractivity contribution in [3.8, 4) is 0 Å². The Hall–Kier alpha value is -1.49. The topological polar surface area (TPSA) is 41.1 Å². The lowest BCUT2D eigenvalue weighted by molar-refractivity contribution is -0.120. The van der Waals surface area contributed by atoms with Crippen molar-refractivity contribution in [2.75, 3.05) is 18.4 Å². The molecule has 17 heavy (non-hydrogen) atoms. The van der Waals surface area contributed by atoms with Crippen molar-refractivity contribution in [1.82, 2.24) is 5.32 Å². The van der Waals surface area contributed by atoms with Gasteiger partial charge in [-0.3, -0.25) is 4.79 Å². The first-order valence-corrected chi connectivity index (χ1v) is 5.63. The summed E-state index contributed by atoms with van der Waals surface area (Å²) >= 11 is 0. The number of hydrogen-bond donors (Lipinski definition) is 2. The van der Waals surface area contributed by atoms with Gasteiger partial charge in [0.15, 0.2) is 0 Å². The van der Waals surface area contributed by atoms with Crippen molar-refractivity contribution in [3.63, 3.8) is 0 Å². The maximum absolute atomic E-state index is 13.3. The summed E-state index contributed by atoms with van der Waals surface area (Å²) < 4.78 is 26.2. The molecule has 0 aliphatic carbocycles. The van der Waals surface area contributed by atoms with Crippen LogP contribution in [0.25, 0.3) is 0 Å². The number of benzene rings is 1. The summed E-state index contributed by atoms with van der Waals surface area (Å²) in [7, 11) is 0. The van der Waals surface area contributed by atoms with Crippen LogP contribution in [0.15, 0.2) is 18.2 Å². The first-order valence-electron chi connectivity index (χ1n) is 5.63. The summed E-state index contributed by atoms with van der Waals surface area (Å²) in [6.45, 7) is 1.56.